The van der Waals surface area contributed by atoms with Crippen LogP contribution in [0.4, 0.5) is 0 Å². The SMILES string of the molecule is O=C(c1ccc2cc(OCCCC3CCCNC3)ccc2c1)N1CCC(Br)CC1. The predicted octanol–water partition coefficient (Wildman–Crippen LogP) is 5.00. The van der Waals surface area contributed by atoms with Gasteiger partial charge >= 0.3 is 0 Å². The monoisotopic (exact) mass is 458 g/mol. The van der Waals surface area contributed by atoms with Crippen LogP contribution in [-0.4, -0.2) is 48.4 Å². The molecule has 156 valence electrons. The summed E-state index contributed by atoms with van der Waals surface area (Å²) in [5.74, 6) is 1.86. The maximum Gasteiger partial charge on any atom is 0.253 e. The Labute approximate surface area is 182 Å². The Balaban J connectivity index is 1.32. The van der Waals surface area contributed by atoms with E-state index < -0.39 is 0 Å². The number of piperidine rings is 2. The van der Waals surface area contributed by atoms with Crippen molar-refractivity contribution in [1.82, 2.24) is 10.2 Å². The number of hydrogen-bond acceptors (Lipinski definition) is 3. The molecule has 2 heterocycles. The van der Waals surface area contributed by atoms with E-state index in [1.807, 2.05) is 29.2 Å². The quantitative estimate of drug-likeness (QED) is 0.489. The molecule has 4 nitrogen and oxygen atoms in total. The number of carbonyl (C=O) groups is 1. The second kappa shape index (κ2) is 9.94. The van der Waals surface area contributed by atoms with Gasteiger partial charge in [-0.1, -0.05) is 28.1 Å². The Kier molecular flexibility index (Phi) is 7.09. The van der Waals surface area contributed by atoms with Gasteiger partial charge in [0, 0.05) is 23.5 Å². The fourth-order valence-electron chi connectivity index (χ4n) is 4.41. The molecule has 29 heavy (non-hydrogen) atoms. The molecule has 1 atom stereocenters. The molecule has 2 aromatic carbocycles. The molecule has 2 aliphatic heterocycles. The average molecular weight is 459 g/mol. The summed E-state index contributed by atoms with van der Waals surface area (Å²) in [6.45, 7) is 4.76. The van der Waals surface area contributed by atoms with Gasteiger partial charge in [0.25, 0.3) is 5.91 Å². The van der Waals surface area contributed by atoms with Crippen molar-refractivity contribution in [3.05, 3.63) is 42.0 Å². The van der Waals surface area contributed by atoms with Gasteiger partial charge in [-0.15, -0.1) is 0 Å². The third-order valence-corrected chi connectivity index (χ3v) is 7.11. The number of nitrogens with one attached hydrogen (secondary N) is 1. The molecule has 0 spiro atoms. The van der Waals surface area contributed by atoms with E-state index in [-0.39, 0.29) is 5.91 Å². The van der Waals surface area contributed by atoms with Gasteiger partial charge in [0.2, 0.25) is 0 Å². The minimum atomic E-state index is 0.142. The molecule has 4 rings (SSSR count). The van der Waals surface area contributed by atoms with E-state index in [2.05, 4.69) is 33.4 Å². The Hall–Kier alpha value is -1.59. The number of benzene rings is 2. The maximum atomic E-state index is 12.8. The summed E-state index contributed by atoms with van der Waals surface area (Å²) in [7, 11) is 0. The van der Waals surface area contributed by atoms with Crippen LogP contribution in [0, 0.1) is 5.92 Å². The lowest BCUT2D eigenvalue weighted by molar-refractivity contribution is 0.0728. The highest BCUT2D eigenvalue weighted by Gasteiger charge is 2.22. The minimum Gasteiger partial charge on any atom is -0.494 e. The minimum absolute atomic E-state index is 0.142. The van der Waals surface area contributed by atoms with Gasteiger partial charge < -0.3 is 15.0 Å². The van der Waals surface area contributed by atoms with E-state index in [9.17, 15) is 4.79 Å². The van der Waals surface area contributed by atoms with Gasteiger partial charge in [-0.05, 0) is 92.6 Å². The number of halogens is 1. The van der Waals surface area contributed by atoms with Crippen LogP contribution in [0.2, 0.25) is 0 Å². The number of alkyl halides is 1. The molecular weight excluding hydrogens is 428 g/mol. The van der Waals surface area contributed by atoms with Crippen molar-refractivity contribution in [2.75, 3.05) is 32.8 Å². The molecule has 0 radical (unpaired) electrons. The van der Waals surface area contributed by atoms with Crippen molar-refractivity contribution in [1.29, 1.82) is 0 Å². The molecular formula is C24H31BrN2O2. The number of nitrogens with zero attached hydrogens (tertiary/aromatic N) is 1. The molecule has 0 aromatic heterocycles. The highest BCUT2D eigenvalue weighted by molar-refractivity contribution is 9.09. The third kappa shape index (κ3) is 5.52. The van der Waals surface area contributed by atoms with E-state index in [4.69, 9.17) is 4.74 Å². The van der Waals surface area contributed by atoms with Crippen LogP contribution in [-0.2, 0) is 0 Å². The van der Waals surface area contributed by atoms with Gasteiger partial charge in [0.15, 0.2) is 0 Å². The molecule has 0 bridgehead atoms. The lowest BCUT2D eigenvalue weighted by Gasteiger charge is -2.29. The van der Waals surface area contributed by atoms with Crippen LogP contribution >= 0.6 is 15.9 Å². The summed E-state index contributed by atoms with van der Waals surface area (Å²) in [6.07, 6.45) is 7.03. The number of amides is 1. The van der Waals surface area contributed by atoms with Crippen LogP contribution in [0.15, 0.2) is 36.4 Å². The molecule has 1 amide bonds. The van der Waals surface area contributed by atoms with Gasteiger partial charge in [-0.2, -0.15) is 0 Å². The second-order valence-corrected chi connectivity index (χ2v) is 9.69. The largest absolute Gasteiger partial charge is 0.494 e. The lowest BCUT2D eigenvalue weighted by atomic mass is 9.95. The summed E-state index contributed by atoms with van der Waals surface area (Å²) in [6, 6.07) is 12.2. The van der Waals surface area contributed by atoms with Crippen molar-refractivity contribution < 1.29 is 9.53 Å². The first kappa shape index (κ1) is 20.7. The molecule has 2 saturated heterocycles. The third-order valence-electron chi connectivity index (χ3n) is 6.19. The molecule has 2 aromatic rings. The first-order valence-corrected chi connectivity index (χ1v) is 11.9. The smallest absolute Gasteiger partial charge is 0.253 e. The van der Waals surface area contributed by atoms with E-state index in [0.29, 0.717) is 4.83 Å². The van der Waals surface area contributed by atoms with Crippen LogP contribution in [0.25, 0.3) is 10.8 Å². The van der Waals surface area contributed by atoms with Crippen molar-refractivity contribution >= 4 is 32.6 Å². The maximum absolute atomic E-state index is 12.8. The molecule has 1 N–H and O–H groups in total. The van der Waals surface area contributed by atoms with Gasteiger partial charge in [-0.3, -0.25) is 4.79 Å². The molecule has 0 aliphatic carbocycles. The first-order chi connectivity index (χ1) is 14.2. The highest BCUT2D eigenvalue weighted by Crippen LogP contribution is 2.25. The van der Waals surface area contributed by atoms with Crippen LogP contribution in [0.5, 0.6) is 5.75 Å². The van der Waals surface area contributed by atoms with Crippen LogP contribution < -0.4 is 10.1 Å². The van der Waals surface area contributed by atoms with E-state index in [0.717, 1.165) is 73.5 Å². The zero-order chi connectivity index (χ0) is 20.1. The average Bonchev–Trinajstić information content (AvgIpc) is 2.77. The van der Waals surface area contributed by atoms with Crippen LogP contribution in [0.3, 0.4) is 0 Å². The van der Waals surface area contributed by atoms with Gasteiger partial charge in [0.05, 0.1) is 6.61 Å². The van der Waals surface area contributed by atoms with E-state index in [1.165, 1.54) is 25.8 Å². The van der Waals surface area contributed by atoms with Crippen molar-refractivity contribution in [2.24, 2.45) is 5.92 Å². The van der Waals surface area contributed by atoms with Crippen molar-refractivity contribution in [3.8, 4) is 5.75 Å². The number of likely N-dealkylation sites (tertiary alicyclic amines) is 1. The van der Waals surface area contributed by atoms with Crippen LogP contribution in [0.1, 0.15) is 48.9 Å². The predicted molar refractivity (Wildman–Crippen MR) is 122 cm³/mol. The van der Waals surface area contributed by atoms with Gasteiger partial charge in [-0.25, -0.2) is 0 Å². The Morgan fingerprint density at radius 1 is 1.10 bits per heavy atom. The van der Waals surface area contributed by atoms with Crippen molar-refractivity contribution in [2.45, 2.75) is 43.4 Å². The number of hydrogen-bond donors (Lipinski definition) is 1. The number of fused-ring (bicyclic) bond motifs is 1. The van der Waals surface area contributed by atoms with Gasteiger partial charge in [0.1, 0.15) is 5.75 Å². The Morgan fingerprint density at radius 3 is 2.69 bits per heavy atom. The molecule has 2 fully saturated rings. The number of ether oxygens (including phenoxy) is 1. The fourth-order valence-corrected chi connectivity index (χ4v) is 4.82. The summed E-state index contributed by atoms with van der Waals surface area (Å²) in [4.78, 5) is 15.3. The number of carbonyl (C=O) groups excluding carboxylic acids is 1. The molecule has 5 heteroatoms. The molecule has 1 unspecified atom stereocenters. The fraction of sp³-hybridized carbons (Fsp3) is 0.542. The lowest BCUT2D eigenvalue weighted by Crippen LogP contribution is -2.38. The number of rotatable bonds is 6. The van der Waals surface area contributed by atoms with Crippen molar-refractivity contribution in [3.63, 3.8) is 0 Å². The second-order valence-electron chi connectivity index (χ2n) is 8.39. The highest BCUT2D eigenvalue weighted by atomic mass is 79.9. The van der Waals surface area contributed by atoms with E-state index >= 15 is 0 Å². The Morgan fingerprint density at radius 2 is 1.90 bits per heavy atom. The summed E-state index contributed by atoms with van der Waals surface area (Å²) >= 11 is 3.65. The topological polar surface area (TPSA) is 41.6 Å². The summed E-state index contributed by atoms with van der Waals surface area (Å²) in [5.41, 5.74) is 0.778. The van der Waals surface area contributed by atoms with E-state index in [1.54, 1.807) is 0 Å². The molecule has 0 saturated carbocycles. The standard InChI is InChI=1S/C24H31BrN2O2/c25-22-9-12-27(13-10-22)24(28)21-6-5-20-16-23(8-7-19(20)15-21)29-14-2-4-18-3-1-11-26-17-18/h5-8,15-16,18,22,26H,1-4,9-14,17H2. The summed E-state index contributed by atoms with van der Waals surface area (Å²) in [5, 5.41) is 5.69. The Bertz CT molecular complexity index is 827. The zero-order valence-corrected chi connectivity index (χ0v) is 18.6. The summed E-state index contributed by atoms with van der Waals surface area (Å²) < 4.78 is 5.99. The zero-order valence-electron chi connectivity index (χ0n) is 17.0. The normalized spacial score (nSPS) is 20.7. The first-order valence-electron chi connectivity index (χ1n) is 11.0. The molecule has 2 aliphatic rings.